The monoisotopic (exact) mass is 1310 g/mol. The molecule has 20 aromatic rings. The molecule has 101 heavy (non-hydrogen) atoms. The third-order valence-corrected chi connectivity index (χ3v) is 19.9. The lowest BCUT2D eigenvalue weighted by molar-refractivity contribution is 0.668. The van der Waals surface area contributed by atoms with Crippen LogP contribution in [0, 0.1) is 0 Å². The van der Waals surface area contributed by atoms with E-state index in [0.29, 0.717) is 0 Å². The molecule has 0 unspecified atom stereocenters. The zero-order chi connectivity index (χ0) is 67.2. The third kappa shape index (κ3) is 11.4. The molecule has 0 bridgehead atoms. The van der Waals surface area contributed by atoms with Crippen LogP contribution in [0.5, 0.6) is 0 Å². The van der Waals surface area contributed by atoms with Gasteiger partial charge in [0.05, 0.1) is 5.69 Å². The lowest BCUT2D eigenvalue weighted by Crippen LogP contribution is -2.11. The van der Waals surface area contributed by atoms with Gasteiger partial charge in [-0.25, -0.2) is 0 Å². The van der Waals surface area contributed by atoms with Crippen LogP contribution in [-0.4, -0.2) is 0 Å². The highest BCUT2D eigenvalue weighted by Gasteiger charge is 2.22. The maximum Gasteiger partial charge on any atom is 0.135 e. The fourth-order valence-electron chi connectivity index (χ4n) is 14.9. The van der Waals surface area contributed by atoms with Crippen molar-refractivity contribution in [3.63, 3.8) is 0 Å². The summed E-state index contributed by atoms with van der Waals surface area (Å²) in [5.74, 6) is 0. The van der Waals surface area contributed by atoms with Gasteiger partial charge in [-0.1, -0.05) is 303 Å². The van der Waals surface area contributed by atoms with E-state index in [9.17, 15) is 0 Å². The van der Waals surface area contributed by atoms with E-state index < -0.39 is 0 Å². The first kappa shape index (κ1) is 60.4. The Kier molecular flexibility index (Phi) is 15.6. The molecule has 18 aromatic carbocycles. The third-order valence-electron chi connectivity index (χ3n) is 19.6. The van der Waals surface area contributed by atoms with Crippen LogP contribution < -0.4 is 10.2 Å². The number of nitrogens with one attached hydrogen (secondary N) is 1. The molecule has 4 nitrogen and oxygen atoms in total. The Balaban J connectivity index is 0.000000122. The van der Waals surface area contributed by atoms with Gasteiger partial charge in [0.1, 0.15) is 22.3 Å². The van der Waals surface area contributed by atoms with Gasteiger partial charge in [-0.05, 0) is 183 Å². The fraction of sp³-hybridized carbons (Fsp3) is 0. The van der Waals surface area contributed by atoms with Gasteiger partial charge in [0.25, 0.3) is 0 Å². The molecule has 1 N–H and O–H groups in total. The molecule has 0 atom stereocenters. The number of anilines is 5. The normalized spacial score (nSPS) is 11.4. The number of halogens is 1. The summed E-state index contributed by atoms with van der Waals surface area (Å²) in [7, 11) is 0. The van der Waals surface area contributed by atoms with Crippen molar-refractivity contribution >= 4 is 149 Å². The van der Waals surface area contributed by atoms with Crippen molar-refractivity contribution in [1.82, 2.24) is 0 Å². The molecule has 0 saturated heterocycles. The number of para-hydroxylation sites is 4. The zero-order valence-electron chi connectivity index (χ0n) is 54.9. The van der Waals surface area contributed by atoms with Crippen molar-refractivity contribution in [3.8, 4) is 44.5 Å². The summed E-state index contributed by atoms with van der Waals surface area (Å²) in [6, 6.07) is 133. The topological polar surface area (TPSA) is 41.6 Å². The lowest BCUT2D eigenvalue weighted by atomic mass is 9.92. The lowest BCUT2D eigenvalue weighted by Gasteiger charge is -2.29. The predicted octanol–water partition coefficient (Wildman–Crippen LogP) is 28.3. The van der Waals surface area contributed by atoms with Crippen molar-refractivity contribution in [2.45, 2.75) is 0 Å². The van der Waals surface area contributed by atoms with Gasteiger partial charge in [0.15, 0.2) is 0 Å². The van der Waals surface area contributed by atoms with Crippen LogP contribution in [0.1, 0.15) is 0 Å². The van der Waals surface area contributed by atoms with E-state index in [1.165, 1.54) is 104 Å². The Bertz CT molecular complexity index is 6530. The van der Waals surface area contributed by atoms with Gasteiger partial charge in [0.2, 0.25) is 0 Å². The average molecular weight is 1310 g/mol. The summed E-state index contributed by atoms with van der Waals surface area (Å²) in [6.45, 7) is 0. The molecule has 0 aliphatic carbocycles. The summed E-state index contributed by atoms with van der Waals surface area (Å²) in [4.78, 5) is 2.41. The largest absolute Gasteiger partial charge is 0.456 e. The SMILES string of the molecule is Clc1ccc2ccc3c4ccccc4ccc3c2c1.c1ccc(-c2ccccc2-c2ccccc2N(c2ccc3ccc4c5ccccc5ccc4c3c2)c2ccc3oc4ccccc4c3c2)cc1.c1ccc(-c2ccccc2-c2ccccc2Nc2ccc3oc4ccccc4c3c2)cc1. The number of fused-ring (bicyclic) bond motifs is 16. The highest BCUT2D eigenvalue weighted by atomic mass is 35.5. The molecule has 20 rings (SSSR count). The first-order valence-electron chi connectivity index (χ1n) is 34.2. The maximum atomic E-state index is 6.28. The van der Waals surface area contributed by atoms with Gasteiger partial charge >= 0.3 is 0 Å². The predicted molar refractivity (Wildman–Crippen MR) is 430 cm³/mol. The summed E-state index contributed by atoms with van der Waals surface area (Å²) in [5.41, 5.74) is 18.5. The molecular weight excluding hydrogens is 1250 g/mol. The standard InChI is InChI=1S/C48H31NO.C30H21NO.C18H11Cl/c1-2-12-32(13-3-1)37-16-6-7-17-39(37)42-18-8-10-20-46(42)49(36-26-29-48-45(31-36)43-19-9-11-21-47(43)50-48)35-25-22-34-24-27-40-38-15-5-4-14-33(38)23-28-41(40)44(34)30-35;1-2-10-21(11-3-1)23-12-4-5-13-24(23)25-14-6-8-16-28(25)31-22-18-19-30-27(20-22)26-15-7-9-17-29(26)32-30;19-14-8-5-13-7-9-16-15-4-2-1-3-12(15)6-10-17(16)18(13)11-14/h1-31H;1-20,31H;1-11H. The molecule has 0 radical (unpaired) electrons. The van der Waals surface area contributed by atoms with E-state index in [2.05, 4.69) is 338 Å². The highest BCUT2D eigenvalue weighted by molar-refractivity contribution is 6.32. The second-order valence-corrected chi connectivity index (χ2v) is 26.0. The van der Waals surface area contributed by atoms with Crippen molar-refractivity contribution in [2.24, 2.45) is 0 Å². The van der Waals surface area contributed by atoms with Crippen molar-refractivity contribution < 1.29 is 8.83 Å². The van der Waals surface area contributed by atoms with Crippen LogP contribution in [0.25, 0.3) is 153 Å². The Morgan fingerprint density at radius 2 is 0.604 bits per heavy atom. The molecule has 0 aliphatic heterocycles. The smallest absolute Gasteiger partial charge is 0.135 e. The summed E-state index contributed by atoms with van der Waals surface area (Å²) in [6.07, 6.45) is 0. The number of rotatable bonds is 9. The molecule has 476 valence electrons. The minimum atomic E-state index is 0.785. The second kappa shape index (κ2) is 26.1. The Hall–Kier alpha value is -13.0. The second-order valence-electron chi connectivity index (χ2n) is 25.6. The Labute approximate surface area is 589 Å². The molecule has 0 amide bonds. The van der Waals surface area contributed by atoms with Crippen LogP contribution in [0.4, 0.5) is 28.4 Å². The van der Waals surface area contributed by atoms with E-state index in [0.717, 1.165) is 82.9 Å². The van der Waals surface area contributed by atoms with Crippen molar-refractivity contribution in [1.29, 1.82) is 0 Å². The molecule has 0 spiro atoms. The first-order chi connectivity index (χ1) is 50.0. The van der Waals surface area contributed by atoms with Crippen LogP contribution in [0.15, 0.2) is 385 Å². The molecular formula is C96H63ClN2O2. The van der Waals surface area contributed by atoms with Crippen LogP contribution >= 0.6 is 11.6 Å². The molecule has 5 heteroatoms. The van der Waals surface area contributed by atoms with E-state index in [-0.39, 0.29) is 0 Å². The highest BCUT2D eigenvalue weighted by Crippen LogP contribution is 2.47. The molecule has 0 fully saturated rings. The Morgan fingerprint density at radius 1 is 0.228 bits per heavy atom. The van der Waals surface area contributed by atoms with E-state index >= 15 is 0 Å². The fourth-order valence-corrected chi connectivity index (χ4v) is 15.0. The molecule has 2 aromatic heterocycles. The van der Waals surface area contributed by atoms with E-state index in [4.69, 9.17) is 20.4 Å². The number of furan rings is 2. The summed E-state index contributed by atoms with van der Waals surface area (Å²) >= 11 is 6.14. The number of nitrogens with zero attached hydrogens (tertiary/aromatic N) is 1. The van der Waals surface area contributed by atoms with E-state index in [1.807, 2.05) is 48.5 Å². The number of hydrogen-bond acceptors (Lipinski definition) is 4. The number of hydrogen-bond donors (Lipinski definition) is 1. The quantitative estimate of drug-likeness (QED) is 0.146. The zero-order valence-corrected chi connectivity index (χ0v) is 55.7. The molecule has 2 heterocycles. The van der Waals surface area contributed by atoms with Crippen LogP contribution in [0.3, 0.4) is 0 Å². The minimum absolute atomic E-state index is 0.785. The van der Waals surface area contributed by atoms with Gasteiger partial charge in [0, 0.05) is 60.4 Å². The first-order valence-corrected chi connectivity index (χ1v) is 34.6. The van der Waals surface area contributed by atoms with Crippen LogP contribution in [-0.2, 0) is 0 Å². The Morgan fingerprint density at radius 3 is 1.19 bits per heavy atom. The van der Waals surface area contributed by atoms with Gasteiger partial charge in [-0.15, -0.1) is 0 Å². The molecule has 0 aliphatic rings. The maximum absolute atomic E-state index is 6.28. The van der Waals surface area contributed by atoms with Crippen molar-refractivity contribution in [2.75, 3.05) is 10.2 Å². The van der Waals surface area contributed by atoms with Crippen LogP contribution in [0.2, 0.25) is 5.02 Å². The van der Waals surface area contributed by atoms with Gasteiger partial charge < -0.3 is 19.1 Å². The average Bonchev–Trinajstić information content (AvgIpc) is 0.807. The summed E-state index contributed by atoms with van der Waals surface area (Å²) in [5, 5.41) is 24.0. The van der Waals surface area contributed by atoms with Gasteiger partial charge in [-0.2, -0.15) is 0 Å². The van der Waals surface area contributed by atoms with Crippen molar-refractivity contribution in [3.05, 3.63) is 381 Å². The summed E-state index contributed by atoms with van der Waals surface area (Å²) < 4.78 is 12.3. The van der Waals surface area contributed by atoms with Gasteiger partial charge in [-0.3, -0.25) is 0 Å². The molecule has 0 saturated carbocycles. The van der Waals surface area contributed by atoms with E-state index in [1.54, 1.807) is 0 Å². The minimum Gasteiger partial charge on any atom is -0.456 e. The number of benzene rings is 18.